The molecule has 24 heavy (non-hydrogen) atoms. The highest BCUT2D eigenvalue weighted by atomic mass is 16.5. The molecule has 1 aromatic rings. The maximum absolute atomic E-state index is 5.87. The van der Waals surface area contributed by atoms with Crippen molar-refractivity contribution in [3.8, 4) is 5.75 Å². The molecule has 0 N–H and O–H groups in total. The van der Waals surface area contributed by atoms with Gasteiger partial charge in [-0.3, -0.25) is 0 Å². The minimum absolute atomic E-state index is 0.414. The van der Waals surface area contributed by atoms with Crippen LogP contribution in [-0.2, 0) is 11.2 Å². The molecule has 0 heterocycles. The van der Waals surface area contributed by atoms with E-state index in [2.05, 4.69) is 32.0 Å². The number of rotatable bonds is 4. The highest BCUT2D eigenvalue weighted by molar-refractivity contribution is 5.40. The van der Waals surface area contributed by atoms with Crippen molar-refractivity contribution in [3.63, 3.8) is 0 Å². The Morgan fingerprint density at radius 2 is 2.04 bits per heavy atom. The molecule has 3 aliphatic carbocycles. The Labute approximate surface area is 146 Å². The summed E-state index contributed by atoms with van der Waals surface area (Å²) in [6.45, 7) is 5.49. The van der Waals surface area contributed by atoms with Crippen LogP contribution < -0.4 is 4.74 Å². The van der Waals surface area contributed by atoms with Gasteiger partial charge in [-0.25, -0.2) is 0 Å². The summed E-state index contributed by atoms with van der Waals surface area (Å²) >= 11 is 0. The fourth-order valence-electron chi connectivity index (χ4n) is 6.21. The molecule has 0 spiro atoms. The molecular weight excluding hydrogens is 296 g/mol. The fraction of sp³-hybridized carbons (Fsp3) is 0.727. The van der Waals surface area contributed by atoms with E-state index >= 15 is 0 Å². The highest BCUT2D eigenvalue weighted by Crippen LogP contribution is 2.61. The van der Waals surface area contributed by atoms with Gasteiger partial charge in [0.05, 0.1) is 12.7 Å². The Kier molecular flexibility index (Phi) is 4.36. The van der Waals surface area contributed by atoms with Crippen molar-refractivity contribution in [3.05, 3.63) is 29.3 Å². The quantitative estimate of drug-likeness (QED) is 0.742. The van der Waals surface area contributed by atoms with Crippen LogP contribution in [0, 0.1) is 17.3 Å². The predicted molar refractivity (Wildman–Crippen MR) is 97.6 cm³/mol. The topological polar surface area (TPSA) is 18.5 Å². The average Bonchev–Trinajstić information content (AvgIpc) is 2.95. The SMILES string of the molecule is CCCOc1ccc2c(c1)CC[C@@H]1[C@@H]2CCC2(C)[C@@H](OC)CC[C@@H]12. The van der Waals surface area contributed by atoms with Crippen LogP contribution in [0.15, 0.2) is 18.2 Å². The number of hydrogen-bond donors (Lipinski definition) is 0. The van der Waals surface area contributed by atoms with Gasteiger partial charge in [0.2, 0.25) is 0 Å². The summed E-state index contributed by atoms with van der Waals surface area (Å²) in [4.78, 5) is 0. The number of hydrogen-bond acceptors (Lipinski definition) is 2. The minimum Gasteiger partial charge on any atom is -0.494 e. The van der Waals surface area contributed by atoms with Gasteiger partial charge < -0.3 is 9.47 Å². The lowest BCUT2D eigenvalue weighted by Gasteiger charge is -2.50. The molecule has 132 valence electrons. The second-order valence-corrected chi connectivity index (χ2v) is 8.47. The molecule has 0 saturated heterocycles. The zero-order valence-corrected chi connectivity index (χ0v) is 15.5. The van der Waals surface area contributed by atoms with Gasteiger partial charge in [-0.1, -0.05) is 19.9 Å². The smallest absolute Gasteiger partial charge is 0.119 e. The monoisotopic (exact) mass is 328 g/mol. The number of ether oxygens (including phenoxy) is 2. The summed E-state index contributed by atoms with van der Waals surface area (Å²) in [5, 5.41) is 0. The van der Waals surface area contributed by atoms with Crippen LogP contribution in [0.4, 0.5) is 0 Å². The van der Waals surface area contributed by atoms with Crippen LogP contribution in [0.5, 0.6) is 5.75 Å². The van der Waals surface area contributed by atoms with Crippen molar-refractivity contribution < 1.29 is 9.47 Å². The van der Waals surface area contributed by atoms with Gasteiger partial charge in [0.15, 0.2) is 0 Å². The molecule has 5 atom stereocenters. The zero-order valence-electron chi connectivity index (χ0n) is 15.5. The average molecular weight is 328 g/mol. The van der Waals surface area contributed by atoms with E-state index < -0.39 is 0 Å². The summed E-state index contributed by atoms with van der Waals surface area (Å²) in [5.41, 5.74) is 3.59. The van der Waals surface area contributed by atoms with Crippen LogP contribution in [-0.4, -0.2) is 19.8 Å². The predicted octanol–water partition coefficient (Wildman–Crippen LogP) is 5.35. The molecule has 2 nitrogen and oxygen atoms in total. The molecule has 2 saturated carbocycles. The van der Waals surface area contributed by atoms with E-state index in [4.69, 9.17) is 9.47 Å². The Morgan fingerprint density at radius 1 is 1.17 bits per heavy atom. The van der Waals surface area contributed by atoms with Gasteiger partial charge in [0.1, 0.15) is 5.75 Å². The van der Waals surface area contributed by atoms with E-state index in [0.717, 1.165) is 36.5 Å². The van der Waals surface area contributed by atoms with Gasteiger partial charge in [0.25, 0.3) is 0 Å². The van der Waals surface area contributed by atoms with Gasteiger partial charge >= 0.3 is 0 Å². The molecule has 1 aromatic carbocycles. The van der Waals surface area contributed by atoms with Gasteiger partial charge in [0, 0.05) is 7.11 Å². The number of benzene rings is 1. The Balaban J connectivity index is 1.58. The second-order valence-electron chi connectivity index (χ2n) is 8.47. The summed E-state index contributed by atoms with van der Waals surface area (Å²) in [6, 6.07) is 6.90. The van der Waals surface area contributed by atoms with Crippen LogP contribution in [0.1, 0.15) is 69.4 Å². The lowest BCUT2D eigenvalue weighted by atomic mass is 9.55. The standard InChI is InChI=1S/C22H32O2/c1-4-13-24-16-6-8-17-15(14-16)5-7-19-18(17)11-12-22(2)20(19)9-10-21(22)23-3/h6,8,14,18-21H,4-5,7,9-13H2,1-3H3/t18-,19-,20+,21+,22?/m1/s1. The zero-order chi connectivity index (χ0) is 16.7. The highest BCUT2D eigenvalue weighted by Gasteiger charge is 2.54. The van der Waals surface area contributed by atoms with Crippen LogP contribution >= 0.6 is 0 Å². The molecule has 0 radical (unpaired) electrons. The lowest BCUT2D eigenvalue weighted by molar-refractivity contribution is -0.0444. The Hall–Kier alpha value is -1.02. The Bertz CT molecular complexity index is 596. The molecule has 1 unspecified atom stereocenters. The number of aryl methyl sites for hydroxylation is 1. The first kappa shape index (κ1) is 16.4. The first-order valence-corrected chi connectivity index (χ1v) is 9.95. The van der Waals surface area contributed by atoms with E-state index in [1.165, 1.54) is 38.5 Å². The van der Waals surface area contributed by atoms with Crippen molar-refractivity contribution in [2.75, 3.05) is 13.7 Å². The first-order chi connectivity index (χ1) is 11.7. The maximum Gasteiger partial charge on any atom is 0.119 e. The maximum atomic E-state index is 5.87. The molecule has 2 fully saturated rings. The molecule has 0 bridgehead atoms. The third-order valence-electron chi connectivity index (χ3n) is 7.37. The number of methoxy groups -OCH3 is 1. The van der Waals surface area contributed by atoms with Crippen molar-refractivity contribution in [2.24, 2.45) is 17.3 Å². The van der Waals surface area contributed by atoms with Crippen molar-refractivity contribution in [1.29, 1.82) is 0 Å². The molecule has 0 amide bonds. The van der Waals surface area contributed by atoms with Gasteiger partial charge in [-0.2, -0.15) is 0 Å². The molecule has 0 aliphatic heterocycles. The van der Waals surface area contributed by atoms with Crippen molar-refractivity contribution in [2.45, 2.75) is 70.8 Å². The van der Waals surface area contributed by atoms with E-state index in [0.29, 0.717) is 11.5 Å². The van der Waals surface area contributed by atoms with Gasteiger partial charge in [-0.15, -0.1) is 0 Å². The van der Waals surface area contributed by atoms with Crippen LogP contribution in [0.3, 0.4) is 0 Å². The second kappa shape index (κ2) is 6.37. The van der Waals surface area contributed by atoms with Crippen LogP contribution in [0.2, 0.25) is 0 Å². The molecule has 0 aromatic heterocycles. The van der Waals surface area contributed by atoms with E-state index in [1.54, 1.807) is 11.1 Å². The Morgan fingerprint density at radius 3 is 2.83 bits per heavy atom. The molecular formula is C22H32O2. The summed E-state index contributed by atoms with van der Waals surface area (Å²) in [5.74, 6) is 3.54. The molecule has 2 heteroatoms. The minimum atomic E-state index is 0.414. The summed E-state index contributed by atoms with van der Waals surface area (Å²) in [6.07, 6.45) is 9.42. The fourth-order valence-corrected chi connectivity index (χ4v) is 6.21. The van der Waals surface area contributed by atoms with E-state index in [9.17, 15) is 0 Å². The third-order valence-corrected chi connectivity index (χ3v) is 7.37. The van der Waals surface area contributed by atoms with Crippen molar-refractivity contribution >= 4 is 0 Å². The van der Waals surface area contributed by atoms with Crippen LogP contribution in [0.25, 0.3) is 0 Å². The first-order valence-electron chi connectivity index (χ1n) is 9.95. The van der Waals surface area contributed by atoms with E-state index in [1.807, 2.05) is 7.11 Å². The molecule has 3 aliphatic rings. The lowest BCUT2D eigenvalue weighted by Crippen LogP contribution is -2.44. The number of fused-ring (bicyclic) bond motifs is 5. The largest absolute Gasteiger partial charge is 0.494 e. The normalized spacial score (nSPS) is 37.5. The summed E-state index contributed by atoms with van der Waals surface area (Å²) in [7, 11) is 1.92. The summed E-state index contributed by atoms with van der Waals surface area (Å²) < 4.78 is 11.7. The van der Waals surface area contributed by atoms with E-state index in [-0.39, 0.29) is 0 Å². The molecule has 4 rings (SSSR count). The van der Waals surface area contributed by atoms with Gasteiger partial charge in [-0.05, 0) is 91.4 Å². The van der Waals surface area contributed by atoms with Crippen molar-refractivity contribution in [1.82, 2.24) is 0 Å². The third kappa shape index (κ3) is 2.49.